The number of aryl methyl sites for hydroxylation is 6. The average molecular weight is 867 g/mol. The highest BCUT2D eigenvalue weighted by Gasteiger charge is 2.19. The van der Waals surface area contributed by atoms with Crippen molar-refractivity contribution >= 4 is 40.5 Å². The number of likely N-dealkylation sites (N-methyl/N-ethyl adjacent to an activating group) is 1. The molecule has 0 radical (unpaired) electrons. The molecule has 2 aromatic carbocycles. The lowest BCUT2D eigenvalue weighted by atomic mass is 10.1. The monoisotopic (exact) mass is 867 g/mol. The molecule has 1 amide bonds. The van der Waals surface area contributed by atoms with E-state index in [2.05, 4.69) is 55.9 Å². The first-order valence-corrected chi connectivity index (χ1v) is 21.2. The molecule has 0 bridgehead atoms. The van der Waals surface area contributed by atoms with Gasteiger partial charge in [0, 0.05) is 73.1 Å². The number of allylic oxidation sites excluding steroid dienone is 2. The van der Waals surface area contributed by atoms with Gasteiger partial charge in [0.1, 0.15) is 28.9 Å². The number of carbonyl (C=O) groups excluding carboxylic acids is 3. The summed E-state index contributed by atoms with van der Waals surface area (Å²) in [5, 5.41) is 8.56. The Balaban J connectivity index is 0.000000632. The van der Waals surface area contributed by atoms with Crippen LogP contribution in [0.5, 0.6) is 5.75 Å². The Kier molecular flexibility index (Phi) is 18.3. The molecule has 0 aliphatic heterocycles. The van der Waals surface area contributed by atoms with Gasteiger partial charge in [0.2, 0.25) is 11.2 Å². The molecule has 0 atom stereocenters. The number of aldehydes is 2. The molecule has 4 aromatic heterocycles. The fourth-order valence-electron chi connectivity index (χ4n) is 7.42. The van der Waals surface area contributed by atoms with Crippen molar-refractivity contribution in [3.63, 3.8) is 0 Å². The Morgan fingerprint density at radius 2 is 1.46 bits per heavy atom. The van der Waals surface area contributed by atoms with E-state index in [0.717, 1.165) is 94.6 Å². The summed E-state index contributed by atoms with van der Waals surface area (Å²) in [5.41, 5.74) is 15.1. The molecule has 6 rings (SSSR count). The number of fused-ring (bicyclic) bond motifs is 2. The molecule has 2 N–H and O–H groups in total. The topological polar surface area (TPSA) is 179 Å². The van der Waals surface area contributed by atoms with Crippen LogP contribution in [0.3, 0.4) is 0 Å². The third-order valence-electron chi connectivity index (χ3n) is 10.8. The first kappa shape index (κ1) is 49.5. The van der Waals surface area contributed by atoms with Crippen LogP contribution in [0.25, 0.3) is 22.1 Å². The highest BCUT2D eigenvalue weighted by molar-refractivity contribution is 5.93. The van der Waals surface area contributed by atoms with E-state index in [1.807, 2.05) is 87.3 Å². The summed E-state index contributed by atoms with van der Waals surface area (Å²) < 4.78 is 23.3. The van der Waals surface area contributed by atoms with Crippen molar-refractivity contribution in [2.75, 3.05) is 54.6 Å². The quantitative estimate of drug-likeness (QED) is 0.0762. The van der Waals surface area contributed by atoms with E-state index in [1.165, 1.54) is 7.05 Å². The molecule has 0 unspecified atom stereocenters. The maximum absolute atomic E-state index is 13.8. The van der Waals surface area contributed by atoms with Crippen molar-refractivity contribution < 1.29 is 23.9 Å². The minimum absolute atomic E-state index is 0.354. The number of methoxy groups -OCH3 is 1. The number of hydrogen-bond donors (Lipinski definition) is 1. The first-order valence-electron chi connectivity index (χ1n) is 21.2. The smallest absolute Gasteiger partial charge is 0.298 e. The Morgan fingerprint density at radius 3 is 2.08 bits per heavy atom. The largest absolute Gasteiger partial charge is 0.491 e. The van der Waals surface area contributed by atoms with Gasteiger partial charge in [-0.2, -0.15) is 15.2 Å². The van der Waals surface area contributed by atoms with Crippen LogP contribution in [-0.4, -0.2) is 116 Å². The zero-order valence-electron chi connectivity index (χ0n) is 39.2. The molecule has 0 aliphatic rings. The minimum Gasteiger partial charge on any atom is -0.491 e. The Bertz CT molecular complexity index is 2680. The van der Waals surface area contributed by atoms with Gasteiger partial charge in [0.25, 0.3) is 5.91 Å². The van der Waals surface area contributed by atoms with Crippen molar-refractivity contribution in [1.82, 2.24) is 42.7 Å². The standard InChI is InChI=1S/C38H51N9O4.C7H10N2O.CH5N/c1-10-47-33(21-28(4)41-47)36(49)40-38-43(7)31-13-11-14-34(51-19-12-17-42(6)18-20-50-9)35(31)46(38)24-27(3)26(2)23-45-30-16-15-29(25-48)22-32(30)44(8)37(45)39-5;1-3-9-7(5-10)4-6(2)8-9;1-2/h11,13-16,21-22,25H,10,12,17-20,23-24H2,1-9H3;4-5H,3H2,1-2H3;2H2,1H3/b27-26+,39-37?,40-38?;;. The summed E-state index contributed by atoms with van der Waals surface area (Å²) in [6.07, 6.45) is 2.53. The van der Waals surface area contributed by atoms with Gasteiger partial charge < -0.3 is 38.4 Å². The summed E-state index contributed by atoms with van der Waals surface area (Å²) in [5.74, 6) is 0.380. The van der Waals surface area contributed by atoms with Crippen molar-refractivity contribution in [3.8, 4) is 5.75 Å². The van der Waals surface area contributed by atoms with Crippen molar-refractivity contribution in [3.05, 3.63) is 99.3 Å². The van der Waals surface area contributed by atoms with Crippen molar-refractivity contribution in [2.24, 2.45) is 29.8 Å². The van der Waals surface area contributed by atoms with Gasteiger partial charge in [0.05, 0.1) is 41.2 Å². The molecule has 17 heteroatoms. The van der Waals surface area contributed by atoms with Crippen LogP contribution in [0.2, 0.25) is 0 Å². The molecule has 4 heterocycles. The lowest BCUT2D eigenvalue weighted by Crippen LogP contribution is -2.28. The summed E-state index contributed by atoms with van der Waals surface area (Å²) in [6, 6.07) is 15.2. The number of carbonyl (C=O) groups is 3. The number of para-hydroxylation sites is 1. The van der Waals surface area contributed by atoms with Crippen LogP contribution in [-0.2, 0) is 45.0 Å². The van der Waals surface area contributed by atoms with Crippen LogP contribution < -0.4 is 21.7 Å². The number of aromatic nitrogens is 8. The third-order valence-corrected chi connectivity index (χ3v) is 10.8. The van der Waals surface area contributed by atoms with Gasteiger partial charge in [-0.05, 0) is 105 Å². The fourth-order valence-corrected chi connectivity index (χ4v) is 7.42. The molecule has 0 aliphatic carbocycles. The van der Waals surface area contributed by atoms with E-state index in [9.17, 15) is 14.4 Å². The van der Waals surface area contributed by atoms with Gasteiger partial charge in [-0.1, -0.05) is 17.2 Å². The summed E-state index contributed by atoms with van der Waals surface area (Å²) >= 11 is 0. The minimum atomic E-state index is -0.354. The molecular formula is C46H66N12O5. The lowest BCUT2D eigenvalue weighted by Gasteiger charge is -2.16. The molecule has 63 heavy (non-hydrogen) atoms. The Labute approximate surface area is 369 Å². The molecule has 0 fully saturated rings. The van der Waals surface area contributed by atoms with Gasteiger partial charge in [-0.15, -0.1) is 0 Å². The van der Waals surface area contributed by atoms with Gasteiger partial charge >= 0.3 is 0 Å². The van der Waals surface area contributed by atoms with E-state index in [-0.39, 0.29) is 5.91 Å². The van der Waals surface area contributed by atoms with E-state index in [1.54, 1.807) is 35.7 Å². The van der Waals surface area contributed by atoms with Crippen molar-refractivity contribution in [2.45, 2.75) is 74.1 Å². The number of nitrogens with zero attached hydrogens (tertiary/aromatic N) is 11. The first-order chi connectivity index (χ1) is 30.3. The molecular weight excluding hydrogens is 801 g/mol. The number of rotatable bonds is 17. The maximum Gasteiger partial charge on any atom is 0.298 e. The molecule has 0 spiro atoms. The number of imidazole rings is 2. The lowest BCUT2D eigenvalue weighted by molar-refractivity contribution is 0.0985. The summed E-state index contributed by atoms with van der Waals surface area (Å²) in [6.45, 7) is 17.2. The van der Waals surface area contributed by atoms with E-state index >= 15 is 0 Å². The predicted molar refractivity (Wildman–Crippen MR) is 247 cm³/mol. The summed E-state index contributed by atoms with van der Waals surface area (Å²) in [4.78, 5) is 47.2. The van der Waals surface area contributed by atoms with Crippen LogP contribution in [0.4, 0.5) is 0 Å². The Morgan fingerprint density at radius 1 is 0.810 bits per heavy atom. The zero-order valence-corrected chi connectivity index (χ0v) is 39.2. The SMILES string of the molecule is CCn1nc(C)cc1C(=O)N=c1n(C)c2cccc(OCCCN(C)CCOC)c2n1C/C(C)=C(\C)Cn1c(=NC)n(C)c2cc(C=O)ccc21.CCn1nc(C)cc1C=O.CN. The van der Waals surface area contributed by atoms with Crippen LogP contribution >= 0.6 is 0 Å². The second kappa shape index (κ2) is 23.3. The predicted octanol–water partition coefficient (Wildman–Crippen LogP) is 4.86. The molecule has 0 saturated heterocycles. The van der Waals surface area contributed by atoms with Crippen LogP contribution in [0.1, 0.15) is 76.8 Å². The van der Waals surface area contributed by atoms with E-state index in [0.29, 0.717) is 55.4 Å². The number of amides is 1. The van der Waals surface area contributed by atoms with Crippen molar-refractivity contribution in [1.29, 1.82) is 0 Å². The van der Waals surface area contributed by atoms with Crippen LogP contribution in [0, 0.1) is 13.8 Å². The second-order valence-electron chi connectivity index (χ2n) is 15.2. The zero-order chi connectivity index (χ0) is 46.4. The maximum atomic E-state index is 13.8. The molecule has 340 valence electrons. The molecule has 0 saturated carbocycles. The number of nitrogens with two attached hydrogens (primary N) is 1. The van der Waals surface area contributed by atoms with E-state index < -0.39 is 0 Å². The third kappa shape index (κ3) is 11.7. The van der Waals surface area contributed by atoms with Gasteiger partial charge in [0.15, 0.2) is 6.29 Å². The van der Waals surface area contributed by atoms with E-state index in [4.69, 9.17) is 14.5 Å². The number of benzene rings is 2. The summed E-state index contributed by atoms with van der Waals surface area (Å²) in [7, 11) is 11.0. The van der Waals surface area contributed by atoms with Gasteiger partial charge in [-0.3, -0.25) is 28.7 Å². The molecule has 17 nitrogen and oxygen atoms in total. The Hall–Kier alpha value is -6.17. The number of hydrogen-bond acceptors (Lipinski definition) is 10. The highest BCUT2D eigenvalue weighted by atomic mass is 16.5. The van der Waals surface area contributed by atoms with Gasteiger partial charge in [-0.25, -0.2) is 0 Å². The average Bonchev–Trinajstić information content (AvgIpc) is 4.02. The second-order valence-corrected chi connectivity index (χ2v) is 15.2. The highest BCUT2D eigenvalue weighted by Crippen LogP contribution is 2.27. The molecule has 6 aromatic rings. The fraction of sp³-hybridized carbons (Fsp3) is 0.457. The normalized spacial score (nSPS) is 12.3. The number of ether oxygens (including phenoxy) is 2. The van der Waals surface area contributed by atoms with Crippen LogP contribution in [0.15, 0.2) is 69.7 Å².